The molecule has 0 aliphatic heterocycles. The SMILES string of the molecule is CC(C(=O)Nc1cncc(Br)c1)C1CC1. The molecule has 0 saturated heterocycles. The first-order valence-electron chi connectivity index (χ1n) is 5.08. The summed E-state index contributed by atoms with van der Waals surface area (Å²) in [6.45, 7) is 1.98. The van der Waals surface area contributed by atoms with Crippen LogP contribution in [0.15, 0.2) is 22.9 Å². The molecule has 1 heterocycles. The summed E-state index contributed by atoms with van der Waals surface area (Å²) in [6, 6.07) is 1.85. The third-order valence-electron chi connectivity index (χ3n) is 2.72. The third-order valence-corrected chi connectivity index (χ3v) is 3.15. The molecule has 2 rings (SSSR count). The van der Waals surface area contributed by atoms with Crippen LogP contribution < -0.4 is 5.32 Å². The van der Waals surface area contributed by atoms with Crippen molar-refractivity contribution in [2.24, 2.45) is 11.8 Å². The summed E-state index contributed by atoms with van der Waals surface area (Å²) in [4.78, 5) is 15.7. The van der Waals surface area contributed by atoms with Crippen LogP contribution in [0.25, 0.3) is 0 Å². The maximum atomic E-state index is 11.8. The van der Waals surface area contributed by atoms with Crippen LogP contribution in [-0.2, 0) is 4.79 Å². The lowest BCUT2D eigenvalue weighted by atomic mass is 10.1. The second-order valence-corrected chi connectivity index (χ2v) is 4.92. The second-order valence-electron chi connectivity index (χ2n) is 4.01. The number of rotatable bonds is 3. The number of carbonyl (C=O) groups excluding carboxylic acids is 1. The molecule has 80 valence electrons. The van der Waals surface area contributed by atoms with Gasteiger partial charge in [-0.1, -0.05) is 6.92 Å². The predicted molar refractivity (Wildman–Crippen MR) is 62.5 cm³/mol. The van der Waals surface area contributed by atoms with E-state index in [0.29, 0.717) is 5.92 Å². The fourth-order valence-electron chi connectivity index (χ4n) is 1.55. The van der Waals surface area contributed by atoms with Gasteiger partial charge in [0.1, 0.15) is 0 Å². The lowest BCUT2D eigenvalue weighted by molar-refractivity contribution is -0.119. The summed E-state index contributed by atoms with van der Waals surface area (Å²) < 4.78 is 0.874. The molecule has 0 aromatic carbocycles. The van der Waals surface area contributed by atoms with Gasteiger partial charge in [-0.05, 0) is 40.8 Å². The van der Waals surface area contributed by atoms with Crippen LogP contribution in [0.5, 0.6) is 0 Å². The Bertz CT molecular complexity index is 377. The summed E-state index contributed by atoms with van der Waals surface area (Å²) in [7, 11) is 0. The van der Waals surface area contributed by atoms with E-state index in [1.807, 2.05) is 13.0 Å². The van der Waals surface area contributed by atoms with Gasteiger partial charge in [-0.15, -0.1) is 0 Å². The summed E-state index contributed by atoms with van der Waals surface area (Å²) >= 11 is 3.32. The number of pyridine rings is 1. The van der Waals surface area contributed by atoms with Gasteiger partial charge >= 0.3 is 0 Å². The van der Waals surface area contributed by atoms with Crippen molar-refractivity contribution in [3.8, 4) is 0 Å². The minimum atomic E-state index is 0.0948. The Labute approximate surface area is 97.4 Å². The minimum absolute atomic E-state index is 0.0948. The highest BCUT2D eigenvalue weighted by Crippen LogP contribution is 2.37. The maximum absolute atomic E-state index is 11.8. The van der Waals surface area contributed by atoms with Crippen LogP contribution in [0, 0.1) is 11.8 Å². The smallest absolute Gasteiger partial charge is 0.227 e. The van der Waals surface area contributed by atoms with E-state index < -0.39 is 0 Å². The van der Waals surface area contributed by atoms with Crippen molar-refractivity contribution in [2.45, 2.75) is 19.8 Å². The molecule has 1 aliphatic carbocycles. The van der Waals surface area contributed by atoms with Crippen LogP contribution in [0.2, 0.25) is 0 Å². The zero-order chi connectivity index (χ0) is 10.8. The normalized spacial score (nSPS) is 17.2. The Hall–Kier alpha value is -0.900. The van der Waals surface area contributed by atoms with E-state index in [1.165, 1.54) is 12.8 Å². The van der Waals surface area contributed by atoms with Crippen LogP contribution in [-0.4, -0.2) is 10.9 Å². The third kappa shape index (κ3) is 2.78. The van der Waals surface area contributed by atoms with E-state index in [0.717, 1.165) is 10.2 Å². The second kappa shape index (κ2) is 4.31. The van der Waals surface area contributed by atoms with Gasteiger partial charge in [0.05, 0.1) is 11.9 Å². The molecule has 4 heteroatoms. The zero-order valence-corrected chi connectivity index (χ0v) is 10.1. The topological polar surface area (TPSA) is 42.0 Å². The molecule has 3 nitrogen and oxygen atoms in total. The van der Waals surface area contributed by atoms with E-state index in [4.69, 9.17) is 0 Å². The van der Waals surface area contributed by atoms with E-state index in [-0.39, 0.29) is 11.8 Å². The predicted octanol–water partition coefficient (Wildman–Crippen LogP) is 2.83. The highest BCUT2D eigenvalue weighted by Gasteiger charge is 2.32. The highest BCUT2D eigenvalue weighted by atomic mass is 79.9. The number of amides is 1. The van der Waals surface area contributed by atoms with Crippen LogP contribution >= 0.6 is 15.9 Å². The molecule has 1 fully saturated rings. The molecule has 15 heavy (non-hydrogen) atoms. The van der Waals surface area contributed by atoms with Gasteiger partial charge in [-0.25, -0.2) is 0 Å². The lowest BCUT2D eigenvalue weighted by Gasteiger charge is -2.10. The Morgan fingerprint density at radius 2 is 2.33 bits per heavy atom. The molecule has 1 aromatic heterocycles. The molecular formula is C11H13BrN2O. The van der Waals surface area contributed by atoms with Gasteiger partial charge in [0, 0.05) is 16.6 Å². The molecule has 0 spiro atoms. The number of nitrogens with zero attached hydrogens (tertiary/aromatic N) is 1. The fourth-order valence-corrected chi connectivity index (χ4v) is 1.91. The summed E-state index contributed by atoms with van der Waals surface area (Å²) in [5.41, 5.74) is 0.752. The Morgan fingerprint density at radius 3 is 2.93 bits per heavy atom. The molecule has 0 radical (unpaired) electrons. The molecule has 1 aromatic rings. The molecule has 1 unspecified atom stereocenters. The molecule has 1 atom stereocenters. The Kier molecular flexibility index (Phi) is 3.05. The standard InChI is InChI=1S/C11H13BrN2O/c1-7(8-2-3-8)11(15)14-10-4-9(12)5-13-6-10/h4-8H,2-3H2,1H3,(H,14,15). The van der Waals surface area contributed by atoms with Gasteiger partial charge in [-0.3, -0.25) is 9.78 Å². The number of carbonyl (C=O) groups is 1. The first-order chi connectivity index (χ1) is 7.16. The Morgan fingerprint density at radius 1 is 1.60 bits per heavy atom. The Balaban J connectivity index is 1.98. The van der Waals surface area contributed by atoms with Crippen LogP contribution in [0.1, 0.15) is 19.8 Å². The number of nitrogens with one attached hydrogen (secondary N) is 1. The first kappa shape index (κ1) is 10.6. The molecule has 1 N–H and O–H groups in total. The van der Waals surface area contributed by atoms with Crippen molar-refractivity contribution in [2.75, 3.05) is 5.32 Å². The molecular weight excluding hydrogens is 256 g/mol. The first-order valence-corrected chi connectivity index (χ1v) is 5.87. The quantitative estimate of drug-likeness (QED) is 0.916. The molecule has 1 aliphatic rings. The number of anilines is 1. The van der Waals surface area contributed by atoms with Crippen LogP contribution in [0.3, 0.4) is 0 Å². The molecule has 0 bridgehead atoms. The summed E-state index contributed by atoms with van der Waals surface area (Å²) in [5.74, 6) is 0.798. The highest BCUT2D eigenvalue weighted by molar-refractivity contribution is 9.10. The maximum Gasteiger partial charge on any atom is 0.227 e. The van der Waals surface area contributed by atoms with Crippen molar-refractivity contribution >= 4 is 27.5 Å². The number of hydrogen-bond donors (Lipinski definition) is 1. The largest absolute Gasteiger partial charge is 0.324 e. The fraction of sp³-hybridized carbons (Fsp3) is 0.455. The van der Waals surface area contributed by atoms with Crippen LogP contribution in [0.4, 0.5) is 5.69 Å². The van der Waals surface area contributed by atoms with Crippen molar-refractivity contribution in [3.05, 3.63) is 22.9 Å². The number of hydrogen-bond acceptors (Lipinski definition) is 2. The zero-order valence-electron chi connectivity index (χ0n) is 8.53. The molecule has 1 saturated carbocycles. The monoisotopic (exact) mass is 268 g/mol. The van der Waals surface area contributed by atoms with Crippen molar-refractivity contribution in [1.82, 2.24) is 4.98 Å². The van der Waals surface area contributed by atoms with E-state index in [2.05, 4.69) is 26.2 Å². The summed E-state index contributed by atoms with van der Waals surface area (Å²) in [5, 5.41) is 2.87. The van der Waals surface area contributed by atoms with Gasteiger partial charge in [0.2, 0.25) is 5.91 Å². The van der Waals surface area contributed by atoms with Crippen molar-refractivity contribution in [1.29, 1.82) is 0 Å². The van der Waals surface area contributed by atoms with E-state index in [1.54, 1.807) is 12.4 Å². The van der Waals surface area contributed by atoms with Crippen molar-refractivity contribution < 1.29 is 4.79 Å². The van der Waals surface area contributed by atoms with Gasteiger partial charge in [-0.2, -0.15) is 0 Å². The molecule has 1 amide bonds. The average Bonchev–Trinajstić information content (AvgIpc) is 2.99. The van der Waals surface area contributed by atoms with E-state index in [9.17, 15) is 4.79 Å². The number of aromatic nitrogens is 1. The van der Waals surface area contributed by atoms with Gasteiger partial charge in [0.15, 0.2) is 0 Å². The van der Waals surface area contributed by atoms with E-state index >= 15 is 0 Å². The minimum Gasteiger partial charge on any atom is -0.324 e. The average molecular weight is 269 g/mol. The van der Waals surface area contributed by atoms with Crippen molar-refractivity contribution in [3.63, 3.8) is 0 Å². The summed E-state index contributed by atoms with van der Waals surface area (Å²) in [6.07, 6.45) is 5.72. The van der Waals surface area contributed by atoms with Gasteiger partial charge in [0.25, 0.3) is 0 Å². The lowest BCUT2D eigenvalue weighted by Crippen LogP contribution is -2.21. The number of halogens is 1. The van der Waals surface area contributed by atoms with Gasteiger partial charge < -0.3 is 5.32 Å².